The molecule has 0 fully saturated rings. The van der Waals surface area contributed by atoms with Crippen LogP contribution < -0.4 is 10.9 Å². The SMILES string of the molecule is Cc1ccc(N=NNc2ccc([NH2+]O)cc2)cc1. The zero-order valence-corrected chi connectivity index (χ0v) is 10.0. The molecule has 0 amide bonds. The monoisotopic (exact) mass is 243 g/mol. The molecule has 0 bridgehead atoms. The number of nitrogens with one attached hydrogen (secondary N) is 1. The van der Waals surface area contributed by atoms with Crippen LogP contribution in [0.4, 0.5) is 17.1 Å². The number of hydrogen-bond acceptors (Lipinski definition) is 3. The molecule has 0 aliphatic rings. The first-order chi connectivity index (χ1) is 8.78. The van der Waals surface area contributed by atoms with E-state index in [0.717, 1.165) is 22.5 Å². The maximum absolute atomic E-state index is 8.79. The number of hydrogen-bond donors (Lipinski definition) is 3. The fraction of sp³-hybridized carbons (Fsp3) is 0.0769. The molecule has 0 heterocycles. The van der Waals surface area contributed by atoms with Crippen LogP contribution >= 0.6 is 0 Å². The van der Waals surface area contributed by atoms with Crippen LogP contribution in [0.2, 0.25) is 0 Å². The molecule has 5 heteroatoms. The van der Waals surface area contributed by atoms with Gasteiger partial charge >= 0.3 is 0 Å². The van der Waals surface area contributed by atoms with Gasteiger partial charge in [-0.25, -0.2) is 5.21 Å². The van der Waals surface area contributed by atoms with E-state index in [1.165, 1.54) is 5.56 Å². The van der Waals surface area contributed by atoms with Gasteiger partial charge in [0.2, 0.25) is 0 Å². The molecule has 2 rings (SSSR count). The average molecular weight is 243 g/mol. The van der Waals surface area contributed by atoms with E-state index < -0.39 is 0 Å². The van der Waals surface area contributed by atoms with Gasteiger partial charge in [0.1, 0.15) is 0 Å². The number of aryl methyl sites for hydroxylation is 1. The Morgan fingerprint density at radius 2 is 1.67 bits per heavy atom. The van der Waals surface area contributed by atoms with E-state index >= 15 is 0 Å². The zero-order valence-electron chi connectivity index (χ0n) is 10.0. The Labute approximate surface area is 105 Å². The van der Waals surface area contributed by atoms with Crippen molar-refractivity contribution < 1.29 is 10.7 Å². The van der Waals surface area contributed by atoms with E-state index in [4.69, 9.17) is 5.21 Å². The lowest BCUT2D eigenvalue weighted by Crippen LogP contribution is -2.73. The van der Waals surface area contributed by atoms with Crippen LogP contribution in [0.5, 0.6) is 0 Å². The molecule has 2 aromatic rings. The summed E-state index contributed by atoms with van der Waals surface area (Å²) in [5.41, 5.74) is 7.43. The molecular formula is C13H15N4O+. The maximum atomic E-state index is 8.79. The summed E-state index contributed by atoms with van der Waals surface area (Å²) < 4.78 is 0. The molecule has 4 N–H and O–H groups in total. The Kier molecular flexibility index (Phi) is 4.01. The third kappa shape index (κ3) is 3.38. The fourth-order valence-electron chi connectivity index (χ4n) is 1.40. The molecule has 0 aliphatic carbocycles. The lowest BCUT2D eigenvalue weighted by Gasteiger charge is -1.99. The van der Waals surface area contributed by atoms with E-state index in [9.17, 15) is 0 Å². The van der Waals surface area contributed by atoms with E-state index in [2.05, 4.69) is 15.8 Å². The highest BCUT2D eigenvalue weighted by molar-refractivity contribution is 5.47. The number of nitrogens with zero attached hydrogens (tertiary/aromatic N) is 2. The Morgan fingerprint density at radius 1 is 1.00 bits per heavy atom. The van der Waals surface area contributed by atoms with Crippen molar-refractivity contribution in [2.24, 2.45) is 10.3 Å². The number of quaternary nitrogens is 1. The van der Waals surface area contributed by atoms with Gasteiger partial charge in [-0.15, -0.1) is 5.11 Å². The quantitative estimate of drug-likeness (QED) is 0.439. The summed E-state index contributed by atoms with van der Waals surface area (Å²) in [6.07, 6.45) is 0. The van der Waals surface area contributed by atoms with Crippen LogP contribution in [0.15, 0.2) is 58.9 Å². The second-order valence-corrected chi connectivity index (χ2v) is 3.90. The van der Waals surface area contributed by atoms with Gasteiger partial charge in [-0.2, -0.15) is 5.48 Å². The molecule has 18 heavy (non-hydrogen) atoms. The number of anilines is 1. The standard InChI is InChI=1S/C13H14N4O/c1-10-2-4-11(5-3-10)14-17-15-12-6-8-13(16-18)9-7-12/h2-9,16,18H,1H3,(H,14,15)/p+1. The minimum Gasteiger partial charge on any atom is -0.260 e. The van der Waals surface area contributed by atoms with Crippen molar-refractivity contribution in [3.63, 3.8) is 0 Å². The third-order valence-electron chi connectivity index (χ3n) is 2.44. The predicted molar refractivity (Wildman–Crippen MR) is 69.1 cm³/mol. The lowest BCUT2D eigenvalue weighted by atomic mass is 10.2. The van der Waals surface area contributed by atoms with Gasteiger partial charge in [0.15, 0.2) is 5.69 Å². The second-order valence-electron chi connectivity index (χ2n) is 3.90. The molecule has 0 aromatic heterocycles. The van der Waals surface area contributed by atoms with E-state index in [1.54, 1.807) is 12.1 Å². The number of nitrogens with two attached hydrogens (primary N) is 1. The van der Waals surface area contributed by atoms with Crippen molar-refractivity contribution in [1.82, 2.24) is 0 Å². The summed E-state index contributed by atoms with van der Waals surface area (Å²) in [6.45, 7) is 2.03. The topological polar surface area (TPSA) is 73.6 Å². The predicted octanol–water partition coefficient (Wildman–Crippen LogP) is 2.69. The van der Waals surface area contributed by atoms with Gasteiger partial charge in [0, 0.05) is 12.1 Å². The van der Waals surface area contributed by atoms with E-state index in [-0.39, 0.29) is 0 Å². The maximum Gasteiger partial charge on any atom is 0.161 e. The van der Waals surface area contributed by atoms with Crippen molar-refractivity contribution in [3.8, 4) is 0 Å². The molecule has 0 aliphatic heterocycles. The molecule has 2 aromatic carbocycles. The first kappa shape index (κ1) is 12.2. The average Bonchev–Trinajstić information content (AvgIpc) is 2.42. The van der Waals surface area contributed by atoms with Gasteiger partial charge in [0.25, 0.3) is 0 Å². The molecule has 0 radical (unpaired) electrons. The molecular weight excluding hydrogens is 228 g/mol. The zero-order chi connectivity index (χ0) is 12.8. The first-order valence-corrected chi connectivity index (χ1v) is 5.59. The van der Waals surface area contributed by atoms with E-state index in [0.29, 0.717) is 0 Å². The Hall–Kier alpha value is -2.24. The minimum absolute atomic E-state index is 0.746. The van der Waals surface area contributed by atoms with Crippen molar-refractivity contribution in [1.29, 1.82) is 0 Å². The van der Waals surface area contributed by atoms with Crippen molar-refractivity contribution in [2.45, 2.75) is 6.92 Å². The van der Waals surface area contributed by atoms with Crippen molar-refractivity contribution in [3.05, 3.63) is 54.1 Å². The highest BCUT2D eigenvalue weighted by atomic mass is 16.5. The van der Waals surface area contributed by atoms with Crippen LogP contribution in [-0.2, 0) is 0 Å². The van der Waals surface area contributed by atoms with Gasteiger partial charge in [-0.05, 0) is 31.2 Å². The lowest BCUT2D eigenvalue weighted by molar-refractivity contribution is -0.825. The molecule has 92 valence electrons. The van der Waals surface area contributed by atoms with E-state index in [1.807, 2.05) is 43.3 Å². The Bertz CT molecular complexity index is 520. The Morgan fingerprint density at radius 3 is 2.28 bits per heavy atom. The van der Waals surface area contributed by atoms with Crippen LogP contribution in [0.1, 0.15) is 5.56 Å². The normalized spacial score (nSPS) is 10.8. The molecule has 0 saturated carbocycles. The van der Waals surface area contributed by atoms with Gasteiger partial charge in [-0.3, -0.25) is 5.43 Å². The Balaban J connectivity index is 1.95. The molecule has 5 nitrogen and oxygen atoms in total. The summed E-state index contributed by atoms with van der Waals surface area (Å²) >= 11 is 0. The summed E-state index contributed by atoms with van der Waals surface area (Å²) in [7, 11) is 0. The van der Waals surface area contributed by atoms with Crippen molar-refractivity contribution in [2.75, 3.05) is 5.43 Å². The van der Waals surface area contributed by atoms with Crippen LogP contribution in [0.3, 0.4) is 0 Å². The first-order valence-electron chi connectivity index (χ1n) is 5.59. The van der Waals surface area contributed by atoms with Crippen LogP contribution in [-0.4, -0.2) is 5.21 Å². The smallest absolute Gasteiger partial charge is 0.161 e. The van der Waals surface area contributed by atoms with Crippen LogP contribution in [0.25, 0.3) is 0 Å². The minimum atomic E-state index is 0.746. The van der Waals surface area contributed by atoms with Gasteiger partial charge < -0.3 is 0 Å². The summed E-state index contributed by atoms with van der Waals surface area (Å²) in [5.74, 6) is 0. The summed E-state index contributed by atoms with van der Waals surface area (Å²) in [4.78, 5) is 0. The largest absolute Gasteiger partial charge is 0.260 e. The molecule has 0 unspecified atom stereocenters. The van der Waals surface area contributed by atoms with Gasteiger partial charge in [0.05, 0.1) is 11.4 Å². The molecule has 0 saturated heterocycles. The van der Waals surface area contributed by atoms with Crippen molar-refractivity contribution >= 4 is 17.1 Å². The van der Waals surface area contributed by atoms with Gasteiger partial charge in [-0.1, -0.05) is 22.9 Å². The second kappa shape index (κ2) is 5.90. The molecule has 0 spiro atoms. The highest BCUT2D eigenvalue weighted by Crippen LogP contribution is 2.14. The number of benzene rings is 2. The fourth-order valence-corrected chi connectivity index (χ4v) is 1.40. The third-order valence-corrected chi connectivity index (χ3v) is 2.44. The summed E-state index contributed by atoms with van der Waals surface area (Å²) in [5, 5.41) is 16.7. The number of rotatable bonds is 4. The van der Waals surface area contributed by atoms with Crippen LogP contribution in [0, 0.1) is 6.92 Å². The molecule has 0 atom stereocenters. The summed E-state index contributed by atoms with van der Waals surface area (Å²) in [6, 6.07) is 15.0. The highest BCUT2D eigenvalue weighted by Gasteiger charge is 1.94.